The summed E-state index contributed by atoms with van der Waals surface area (Å²) in [6.45, 7) is 0. The van der Waals surface area contributed by atoms with Crippen LogP contribution in [-0.4, -0.2) is 49.0 Å². The van der Waals surface area contributed by atoms with Crippen LogP contribution in [-0.2, 0) is 9.84 Å². The van der Waals surface area contributed by atoms with Crippen molar-refractivity contribution in [3.05, 3.63) is 23.9 Å². The monoisotopic (exact) mass is 284 g/mol. The molecule has 0 aliphatic carbocycles. The molecule has 1 fully saturated rings. The van der Waals surface area contributed by atoms with Gasteiger partial charge in [-0.05, 0) is 18.6 Å². The molecule has 1 saturated heterocycles. The molecule has 0 spiro atoms. The molecule has 2 heterocycles. The van der Waals surface area contributed by atoms with E-state index in [1.54, 1.807) is 30.3 Å². The summed E-state index contributed by atoms with van der Waals surface area (Å²) in [5, 5.41) is 11.7. The van der Waals surface area contributed by atoms with Gasteiger partial charge in [0.05, 0.1) is 17.1 Å². The van der Waals surface area contributed by atoms with Gasteiger partial charge in [-0.3, -0.25) is 0 Å². The van der Waals surface area contributed by atoms with Crippen LogP contribution < -0.4 is 10.6 Å². The molecule has 7 nitrogen and oxygen atoms in total. The van der Waals surface area contributed by atoms with Crippen molar-refractivity contribution in [3.63, 3.8) is 0 Å². The standard InChI is InChI=1S/C11H16N4O3S/c1-15(8-4-6-19(17,18)7-8)11-9(10(12)14-16)3-2-5-13-11/h2-3,5,8,16H,4,6-7H2,1H3,(H2,12,14). The molecule has 1 aliphatic rings. The summed E-state index contributed by atoms with van der Waals surface area (Å²) < 4.78 is 23.0. The highest BCUT2D eigenvalue weighted by Crippen LogP contribution is 2.23. The molecule has 1 aromatic rings. The Kier molecular flexibility index (Phi) is 3.61. The van der Waals surface area contributed by atoms with Crippen molar-refractivity contribution in [2.75, 3.05) is 23.5 Å². The van der Waals surface area contributed by atoms with Gasteiger partial charge in [0, 0.05) is 19.3 Å². The zero-order valence-electron chi connectivity index (χ0n) is 10.5. The van der Waals surface area contributed by atoms with E-state index in [0.29, 0.717) is 17.8 Å². The summed E-state index contributed by atoms with van der Waals surface area (Å²) in [6, 6.07) is 3.22. The lowest BCUT2D eigenvalue weighted by Gasteiger charge is -2.26. The van der Waals surface area contributed by atoms with Gasteiger partial charge in [0.1, 0.15) is 5.82 Å². The Morgan fingerprint density at radius 1 is 1.63 bits per heavy atom. The van der Waals surface area contributed by atoms with Crippen LogP contribution in [0.25, 0.3) is 0 Å². The van der Waals surface area contributed by atoms with E-state index >= 15 is 0 Å². The maximum Gasteiger partial charge on any atom is 0.173 e. The van der Waals surface area contributed by atoms with Crippen LogP contribution in [0.1, 0.15) is 12.0 Å². The van der Waals surface area contributed by atoms with E-state index in [2.05, 4.69) is 10.1 Å². The van der Waals surface area contributed by atoms with Crippen molar-refractivity contribution in [1.82, 2.24) is 4.98 Å². The average Bonchev–Trinajstić information content (AvgIpc) is 2.77. The number of hydrogen-bond donors (Lipinski definition) is 2. The third kappa shape index (κ3) is 2.78. The maximum atomic E-state index is 11.5. The van der Waals surface area contributed by atoms with Gasteiger partial charge in [-0.1, -0.05) is 5.16 Å². The van der Waals surface area contributed by atoms with Crippen LogP contribution >= 0.6 is 0 Å². The summed E-state index contributed by atoms with van der Waals surface area (Å²) in [5.74, 6) is 0.763. The van der Waals surface area contributed by atoms with Crippen LogP contribution in [0.4, 0.5) is 5.82 Å². The fourth-order valence-electron chi connectivity index (χ4n) is 2.19. The van der Waals surface area contributed by atoms with Crippen molar-refractivity contribution in [2.24, 2.45) is 10.9 Å². The molecular weight excluding hydrogens is 268 g/mol. The Bertz CT molecular complexity index is 600. The van der Waals surface area contributed by atoms with Crippen LogP contribution in [0.3, 0.4) is 0 Å². The second-order valence-electron chi connectivity index (χ2n) is 4.53. The summed E-state index contributed by atoms with van der Waals surface area (Å²) in [5.41, 5.74) is 6.08. The lowest BCUT2D eigenvalue weighted by molar-refractivity contribution is 0.318. The van der Waals surface area contributed by atoms with Crippen molar-refractivity contribution in [3.8, 4) is 0 Å². The Labute approximate surface area is 111 Å². The zero-order valence-corrected chi connectivity index (χ0v) is 11.3. The van der Waals surface area contributed by atoms with Gasteiger partial charge in [-0.15, -0.1) is 0 Å². The molecule has 0 amide bonds. The molecule has 0 aromatic carbocycles. The Morgan fingerprint density at radius 2 is 2.37 bits per heavy atom. The number of nitrogens with two attached hydrogens (primary N) is 1. The third-order valence-electron chi connectivity index (χ3n) is 3.26. The highest BCUT2D eigenvalue weighted by atomic mass is 32.2. The predicted molar refractivity (Wildman–Crippen MR) is 72.2 cm³/mol. The minimum absolute atomic E-state index is 0.0456. The van der Waals surface area contributed by atoms with E-state index in [1.807, 2.05) is 0 Å². The lowest BCUT2D eigenvalue weighted by atomic mass is 10.2. The van der Waals surface area contributed by atoms with Gasteiger partial charge in [-0.25, -0.2) is 13.4 Å². The van der Waals surface area contributed by atoms with E-state index < -0.39 is 9.84 Å². The third-order valence-corrected chi connectivity index (χ3v) is 5.01. The van der Waals surface area contributed by atoms with Gasteiger partial charge in [0.25, 0.3) is 0 Å². The highest BCUT2D eigenvalue weighted by Gasteiger charge is 2.32. The summed E-state index contributed by atoms with van der Waals surface area (Å²) in [6.07, 6.45) is 2.15. The topological polar surface area (TPSA) is 109 Å². The van der Waals surface area contributed by atoms with E-state index in [9.17, 15) is 8.42 Å². The SMILES string of the molecule is CN(c1ncccc1/C(N)=N/O)C1CCS(=O)(=O)C1. The van der Waals surface area contributed by atoms with Crippen LogP contribution in [0.5, 0.6) is 0 Å². The predicted octanol–water partition coefficient (Wildman–Crippen LogP) is -0.201. The van der Waals surface area contributed by atoms with E-state index in [1.165, 1.54) is 0 Å². The number of rotatable bonds is 3. The van der Waals surface area contributed by atoms with Crippen molar-refractivity contribution >= 4 is 21.5 Å². The number of pyridine rings is 1. The highest BCUT2D eigenvalue weighted by molar-refractivity contribution is 7.91. The summed E-state index contributed by atoms with van der Waals surface area (Å²) >= 11 is 0. The van der Waals surface area contributed by atoms with Crippen LogP contribution in [0.15, 0.2) is 23.5 Å². The van der Waals surface area contributed by atoms with Crippen LogP contribution in [0, 0.1) is 0 Å². The molecule has 1 aliphatic heterocycles. The fraction of sp³-hybridized carbons (Fsp3) is 0.455. The molecule has 1 unspecified atom stereocenters. The molecule has 0 bridgehead atoms. The van der Waals surface area contributed by atoms with E-state index in [-0.39, 0.29) is 23.4 Å². The minimum atomic E-state index is -2.97. The molecule has 104 valence electrons. The molecule has 1 aromatic heterocycles. The van der Waals surface area contributed by atoms with Gasteiger partial charge in [0.15, 0.2) is 15.7 Å². The van der Waals surface area contributed by atoms with Crippen LogP contribution in [0.2, 0.25) is 0 Å². The quantitative estimate of drug-likeness (QED) is 0.344. The molecule has 2 rings (SSSR count). The fourth-order valence-corrected chi connectivity index (χ4v) is 3.96. The van der Waals surface area contributed by atoms with Crippen molar-refractivity contribution in [2.45, 2.75) is 12.5 Å². The van der Waals surface area contributed by atoms with Crippen molar-refractivity contribution < 1.29 is 13.6 Å². The molecule has 8 heteroatoms. The second-order valence-corrected chi connectivity index (χ2v) is 6.76. The average molecular weight is 284 g/mol. The lowest BCUT2D eigenvalue weighted by Crippen LogP contribution is -2.35. The number of aromatic nitrogens is 1. The Morgan fingerprint density at radius 3 is 2.95 bits per heavy atom. The number of hydrogen-bond acceptors (Lipinski definition) is 6. The first-order chi connectivity index (χ1) is 8.94. The first kappa shape index (κ1) is 13.6. The molecular formula is C11H16N4O3S. The molecule has 0 saturated carbocycles. The normalized spacial score (nSPS) is 22.4. The van der Waals surface area contributed by atoms with Crippen molar-refractivity contribution in [1.29, 1.82) is 0 Å². The van der Waals surface area contributed by atoms with Gasteiger partial charge >= 0.3 is 0 Å². The molecule has 0 radical (unpaired) electrons. The first-order valence-corrected chi connectivity index (χ1v) is 7.63. The molecule has 1 atom stereocenters. The number of oxime groups is 1. The number of nitrogens with zero attached hydrogens (tertiary/aromatic N) is 3. The zero-order chi connectivity index (χ0) is 14.0. The number of anilines is 1. The largest absolute Gasteiger partial charge is 0.409 e. The molecule has 3 N–H and O–H groups in total. The van der Waals surface area contributed by atoms with Gasteiger partial charge < -0.3 is 15.8 Å². The number of amidine groups is 1. The smallest absolute Gasteiger partial charge is 0.173 e. The number of sulfone groups is 1. The van der Waals surface area contributed by atoms with E-state index in [4.69, 9.17) is 10.9 Å². The summed E-state index contributed by atoms with van der Waals surface area (Å²) in [4.78, 5) is 5.97. The molecule has 19 heavy (non-hydrogen) atoms. The Hall–Kier alpha value is -1.83. The second kappa shape index (κ2) is 5.04. The Balaban J connectivity index is 2.32. The maximum absolute atomic E-state index is 11.5. The first-order valence-electron chi connectivity index (χ1n) is 5.81. The van der Waals surface area contributed by atoms with E-state index in [0.717, 1.165) is 0 Å². The van der Waals surface area contributed by atoms with Gasteiger partial charge in [-0.2, -0.15) is 0 Å². The summed E-state index contributed by atoms with van der Waals surface area (Å²) in [7, 11) is -1.20. The van der Waals surface area contributed by atoms with Gasteiger partial charge in [0.2, 0.25) is 0 Å². The minimum Gasteiger partial charge on any atom is -0.409 e.